The monoisotopic (exact) mass is 373 g/mol. The molecule has 142 valence electrons. The van der Waals surface area contributed by atoms with Gasteiger partial charge in [-0.1, -0.05) is 78.9 Å². The number of anilines is 1. The first kappa shape index (κ1) is 19.4. The second-order valence-corrected chi connectivity index (χ2v) is 6.60. The van der Waals surface area contributed by atoms with Crippen molar-refractivity contribution in [3.63, 3.8) is 0 Å². The fraction of sp³-hybridized carbons (Fsp3) is 0.167. The lowest BCUT2D eigenvalue weighted by atomic mass is 9.89. The zero-order valence-electron chi connectivity index (χ0n) is 15.8. The van der Waals surface area contributed by atoms with E-state index < -0.39 is 5.97 Å². The quantitative estimate of drug-likeness (QED) is 0.611. The van der Waals surface area contributed by atoms with Gasteiger partial charge < -0.3 is 10.1 Å². The van der Waals surface area contributed by atoms with E-state index in [2.05, 4.69) is 5.32 Å². The zero-order valence-corrected chi connectivity index (χ0v) is 15.8. The highest BCUT2D eigenvalue weighted by Crippen LogP contribution is 2.28. The molecule has 28 heavy (non-hydrogen) atoms. The predicted molar refractivity (Wildman–Crippen MR) is 110 cm³/mol. The molecular weight excluding hydrogens is 350 g/mol. The molecule has 0 atom stereocenters. The number of para-hydroxylation sites is 1. The lowest BCUT2D eigenvalue weighted by Crippen LogP contribution is -2.22. The molecule has 0 aliphatic heterocycles. The van der Waals surface area contributed by atoms with Gasteiger partial charge in [0.15, 0.2) is 6.61 Å². The van der Waals surface area contributed by atoms with Crippen molar-refractivity contribution < 1.29 is 14.3 Å². The second kappa shape index (κ2) is 9.51. The predicted octanol–water partition coefficient (Wildman–Crippen LogP) is 4.70. The Bertz CT molecular complexity index is 883. The number of carbonyl (C=O) groups is 2. The maximum absolute atomic E-state index is 12.4. The Kier molecular flexibility index (Phi) is 6.58. The number of carbonyl (C=O) groups excluding carboxylic acids is 2. The van der Waals surface area contributed by atoms with Crippen LogP contribution in [0.3, 0.4) is 0 Å². The van der Waals surface area contributed by atoms with E-state index in [0.717, 1.165) is 22.4 Å². The first-order valence-corrected chi connectivity index (χ1v) is 9.24. The third-order valence-corrected chi connectivity index (χ3v) is 4.56. The van der Waals surface area contributed by atoms with E-state index in [1.807, 2.05) is 91.9 Å². The Morgan fingerprint density at radius 1 is 0.821 bits per heavy atom. The van der Waals surface area contributed by atoms with Gasteiger partial charge in [0.05, 0.1) is 6.42 Å². The molecule has 0 saturated heterocycles. The van der Waals surface area contributed by atoms with Crippen LogP contribution in [0.15, 0.2) is 84.9 Å². The Morgan fingerprint density at radius 3 is 1.93 bits per heavy atom. The first-order chi connectivity index (χ1) is 13.6. The van der Waals surface area contributed by atoms with Crippen LogP contribution in [0.1, 0.15) is 29.0 Å². The van der Waals surface area contributed by atoms with Crippen LogP contribution >= 0.6 is 0 Å². The molecule has 0 heterocycles. The molecule has 0 unspecified atom stereocenters. The summed E-state index contributed by atoms with van der Waals surface area (Å²) in [5, 5.41) is 2.77. The summed E-state index contributed by atoms with van der Waals surface area (Å²) in [5.41, 5.74) is 3.75. The van der Waals surface area contributed by atoms with Crippen molar-refractivity contribution in [1.82, 2.24) is 0 Å². The van der Waals surface area contributed by atoms with E-state index in [9.17, 15) is 9.59 Å². The van der Waals surface area contributed by atoms with E-state index in [-0.39, 0.29) is 24.9 Å². The number of amides is 1. The van der Waals surface area contributed by atoms with Crippen LogP contribution in [0.5, 0.6) is 0 Å². The SMILES string of the molecule is Cc1ccccc1NC(=O)COC(=O)CC(c1ccccc1)c1ccccc1. The van der Waals surface area contributed by atoms with Crippen LogP contribution in [0.25, 0.3) is 0 Å². The molecule has 0 radical (unpaired) electrons. The molecule has 0 aliphatic rings. The maximum atomic E-state index is 12.4. The van der Waals surface area contributed by atoms with Gasteiger partial charge in [0, 0.05) is 11.6 Å². The number of benzene rings is 3. The fourth-order valence-corrected chi connectivity index (χ4v) is 3.07. The van der Waals surface area contributed by atoms with Crippen molar-refractivity contribution in [3.8, 4) is 0 Å². The van der Waals surface area contributed by atoms with Gasteiger partial charge in [-0.2, -0.15) is 0 Å². The van der Waals surface area contributed by atoms with Crippen molar-refractivity contribution in [3.05, 3.63) is 102 Å². The number of rotatable bonds is 7. The highest BCUT2D eigenvalue weighted by Gasteiger charge is 2.19. The van der Waals surface area contributed by atoms with Gasteiger partial charge >= 0.3 is 5.97 Å². The van der Waals surface area contributed by atoms with Crippen molar-refractivity contribution in [1.29, 1.82) is 0 Å². The average molecular weight is 373 g/mol. The lowest BCUT2D eigenvalue weighted by Gasteiger charge is -2.17. The molecule has 0 spiro atoms. The molecular formula is C24H23NO3. The molecule has 0 saturated carbocycles. The van der Waals surface area contributed by atoms with Crippen molar-refractivity contribution in [2.75, 3.05) is 11.9 Å². The van der Waals surface area contributed by atoms with Gasteiger partial charge in [0.25, 0.3) is 5.91 Å². The van der Waals surface area contributed by atoms with Crippen LogP contribution < -0.4 is 5.32 Å². The smallest absolute Gasteiger partial charge is 0.307 e. The third-order valence-electron chi connectivity index (χ3n) is 4.56. The van der Waals surface area contributed by atoms with E-state index in [1.54, 1.807) is 0 Å². The van der Waals surface area contributed by atoms with Gasteiger partial charge in [-0.15, -0.1) is 0 Å². The van der Waals surface area contributed by atoms with Gasteiger partial charge in [0.1, 0.15) is 0 Å². The number of hydrogen-bond acceptors (Lipinski definition) is 3. The summed E-state index contributed by atoms with van der Waals surface area (Å²) in [4.78, 5) is 24.5. The summed E-state index contributed by atoms with van der Waals surface area (Å²) in [6, 6.07) is 27.1. The summed E-state index contributed by atoms with van der Waals surface area (Å²) in [5.74, 6) is -0.870. The number of aryl methyl sites for hydroxylation is 1. The summed E-state index contributed by atoms with van der Waals surface area (Å²) in [7, 11) is 0. The van der Waals surface area contributed by atoms with Crippen LogP contribution in [0.4, 0.5) is 5.69 Å². The minimum absolute atomic E-state index is 0.116. The Hall–Kier alpha value is -3.40. The highest BCUT2D eigenvalue weighted by atomic mass is 16.5. The van der Waals surface area contributed by atoms with Crippen molar-refractivity contribution in [2.24, 2.45) is 0 Å². The van der Waals surface area contributed by atoms with E-state index in [0.29, 0.717) is 0 Å². The molecule has 0 aliphatic carbocycles. The van der Waals surface area contributed by atoms with Gasteiger partial charge in [-0.05, 0) is 29.7 Å². The second-order valence-electron chi connectivity index (χ2n) is 6.60. The van der Waals surface area contributed by atoms with E-state index in [4.69, 9.17) is 4.74 Å². The number of esters is 1. The molecule has 3 aromatic carbocycles. The molecule has 0 fully saturated rings. The minimum Gasteiger partial charge on any atom is -0.456 e. The molecule has 0 bridgehead atoms. The zero-order chi connectivity index (χ0) is 19.8. The van der Waals surface area contributed by atoms with Crippen molar-refractivity contribution in [2.45, 2.75) is 19.3 Å². The number of ether oxygens (including phenoxy) is 1. The standard InChI is InChI=1S/C24H23NO3/c1-18-10-8-9-15-22(18)25-23(26)17-28-24(27)16-21(19-11-4-2-5-12-19)20-13-6-3-7-14-20/h2-15,21H,16-17H2,1H3,(H,25,26). The average Bonchev–Trinajstić information content (AvgIpc) is 2.73. The molecule has 1 amide bonds. The lowest BCUT2D eigenvalue weighted by molar-refractivity contribution is -0.147. The Balaban J connectivity index is 1.61. The summed E-state index contributed by atoms with van der Waals surface area (Å²) in [6.45, 7) is 1.61. The molecule has 4 nitrogen and oxygen atoms in total. The Morgan fingerprint density at radius 2 is 1.36 bits per heavy atom. The molecule has 0 aromatic heterocycles. The molecule has 1 N–H and O–H groups in total. The Labute approximate surface area is 165 Å². The third kappa shape index (κ3) is 5.30. The van der Waals surface area contributed by atoms with Gasteiger partial charge in [-0.3, -0.25) is 9.59 Å². The van der Waals surface area contributed by atoms with Crippen LogP contribution in [0.2, 0.25) is 0 Å². The van der Waals surface area contributed by atoms with Crippen molar-refractivity contribution >= 4 is 17.6 Å². The molecule has 3 rings (SSSR count). The van der Waals surface area contributed by atoms with Gasteiger partial charge in [-0.25, -0.2) is 0 Å². The van der Waals surface area contributed by atoms with Crippen LogP contribution in [-0.4, -0.2) is 18.5 Å². The van der Waals surface area contributed by atoms with Crippen LogP contribution in [-0.2, 0) is 14.3 Å². The largest absolute Gasteiger partial charge is 0.456 e. The maximum Gasteiger partial charge on any atom is 0.307 e. The molecule has 3 aromatic rings. The van der Waals surface area contributed by atoms with E-state index >= 15 is 0 Å². The first-order valence-electron chi connectivity index (χ1n) is 9.24. The molecule has 4 heteroatoms. The summed E-state index contributed by atoms with van der Waals surface area (Å²) < 4.78 is 5.24. The van der Waals surface area contributed by atoms with E-state index in [1.165, 1.54) is 0 Å². The normalized spacial score (nSPS) is 10.5. The number of nitrogens with one attached hydrogen (secondary N) is 1. The highest BCUT2D eigenvalue weighted by molar-refractivity contribution is 5.93. The topological polar surface area (TPSA) is 55.4 Å². The van der Waals surface area contributed by atoms with Gasteiger partial charge in [0.2, 0.25) is 0 Å². The van der Waals surface area contributed by atoms with Crippen LogP contribution in [0, 0.1) is 6.92 Å². The minimum atomic E-state index is -0.405. The fourth-order valence-electron chi connectivity index (χ4n) is 3.07. The number of hydrogen-bond donors (Lipinski definition) is 1. The summed E-state index contributed by atoms with van der Waals surface area (Å²) in [6.07, 6.45) is 0.172. The summed E-state index contributed by atoms with van der Waals surface area (Å²) >= 11 is 0.